The largest absolute Gasteiger partial charge is 0.481 e. The van der Waals surface area contributed by atoms with E-state index < -0.39 is 0 Å². The molecule has 0 unspecified atom stereocenters. The SMILES string of the molecule is COc1ccc(CN2CCN(c3ccc(-c4nc(C(=N)C=C(C)N)cn5ncc(C#N)c45)cn3)CC2)cn1. The second-order valence-corrected chi connectivity index (χ2v) is 9.12. The van der Waals surface area contributed by atoms with E-state index in [1.165, 1.54) is 6.20 Å². The number of piperazine rings is 1. The van der Waals surface area contributed by atoms with Crippen molar-refractivity contribution >= 4 is 17.0 Å². The van der Waals surface area contributed by atoms with E-state index in [4.69, 9.17) is 25.8 Å². The van der Waals surface area contributed by atoms with Crippen LogP contribution in [0.1, 0.15) is 23.7 Å². The quantitative estimate of drug-likeness (QED) is 0.360. The molecule has 1 aliphatic heterocycles. The van der Waals surface area contributed by atoms with Crippen LogP contribution in [-0.4, -0.2) is 68.5 Å². The number of ether oxygens (including phenoxy) is 1. The maximum absolute atomic E-state index is 9.61. The molecular weight excluding hydrogens is 480 g/mol. The molecule has 3 N–H and O–H groups in total. The maximum Gasteiger partial charge on any atom is 0.212 e. The number of rotatable bonds is 7. The highest BCUT2D eigenvalue weighted by Gasteiger charge is 2.20. The molecule has 0 aliphatic carbocycles. The van der Waals surface area contributed by atoms with Crippen molar-refractivity contribution < 1.29 is 4.74 Å². The molecule has 0 aromatic carbocycles. The van der Waals surface area contributed by atoms with Crippen LogP contribution in [0.5, 0.6) is 5.88 Å². The van der Waals surface area contributed by atoms with Gasteiger partial charge in [0.25, 0.3) is 0 Å². The molecule has 0 bridgehead atoms. The number of fused-ring (bicyclic) bond motifs is 1. The van der Waals surface area contributed by atoms with Crippen molar-refractivity contribution in [2.75, 3.05) is 38.2 Å². The minimum absolute atomic E-state index is 0.162. The molecule has 1 aliphatic rings. The number of methoxy groups -OCH3 is 1. The Morgan fingerprint density at radius 2 is 1.95 bits per heavy atom. The topological polar surface area (TPSA) is 145 Å². The molecular formula is C27H28N10O. The molecule has 5 heterocycles. The zero-order valence-electron chi connectivity index (χ0n) is 21.3. The van der Waals surface area contributed by atoms with Gasteiger partial charge in [-0.05, 0) is 30.7 Å². The first-order valence-corrected chi connectivity index (χ1v) is 12.2. The smallest absolute Gasteiger partial charge is 0.212 e. The van der Waals surface area contributed by atoms with Gasteiger partial charge in [0.05, 0.1) is 30.9 Å². The lowest BCUT2D eigenvalue weighted by atomic mass is 10.1. The van der Waals surface area contributed by atoms with Crippen molar-refractivity contribution in [3.05, 3.63) is 77.6 Å². The van der Waals surface area contributed by atoms with Crippen LogP contribution in [0.15, 0.2) is 60.8 Å². The van der Waals surface area contributed by atoms with Crippen LogP contribution in [-0.2, 0) is 6.54 Å². The van der Waals surface area contributed by atoms with Crippen molar-refractivity contribution in [1.29, 1.82) is 10.7 Å². The molecule has 0 atom stereocenters. The molecule has 1 fully saturated rings. The highest BCUT2D eigenvalue weighted by atomic mass is 16.5. The zero-order valence-corrected chi connectivity index (χ0v) is 21.3. The predicted molar refractivity (Wildman–Crippen MR) is 144 cm³/mol. The Hall–Kier alpha value is -4.82. The van der Waals surface area contributed by atoms with E-state index in [2.05, 4.69) is 26.0 Å². The number of hydrogen-bond acceptors (Lipinski definition) is 10. The van der Waals surface area contributed by atoms with Crippen LogP contribution < -0.4 is 15.4 Å². The van der Waals surface area contributed by atoms with Gasteiger partial charge in [-0.25, -0.2) is 19.5 Å². The van der Waals surface area contributed by atoms with E-state index in [9.17, 15) is 5.26 Å². The Morgan fingerprint density at radius 1 is 1.13 bits per heavy atom. The fraction of sp³-hybridized carbons (Fsp3) is 0.259. The highest BCUT2D eigenvalue weighted by Crippen LogP contribution is 2.27. The number of pyridine rings is 2. The number of nitrogens with one attached hydrogen (secondary N) is 1. The average Bonchev–Trinajstić information content (AvgIpc) is 3.36. The van der Waals surface area contributed by atoms with E-state index in [0.717, 1.165) is 49.7 Å². The van der Waals surface area contributed by atoms with Gasteiger partial charge in [-0.15, -0.1) is 0 Å². The van der Waals surface area contributed by atoms with Gasteiger partial charge in [0.2, 0.25) is 5.88 Å². The molecule has 11 nitrogen and oxygen atoms in total. The van der Waals surface area contributed by atoms with Crippen LogP contribution in [0.2, 0.25) is 0 Å². The predicted octanol–water partition coefficient (Wildman–Crippen LogP) is 2.62. The van der Waals surface area contributed by atoms with Crippen molar-refractivity contribution in [3.63, 3.8) is 0 Å². The van der Waals surface area contributed by atoms with Crippen LogP contribution in [0.3, 0.4) is 0 Å². The summed E-state index contributed by atoms with van der Waals surface area (Å²) < 4.78 is 6.72. The summed E-state index contributed by atoms with van der Waals surface area (Å²) in [5, 5.41) is 22.3. The van der Waals surface area contributed by atoms with Crippen LogP contribution >= 0.6 is 0 Å². The van der Waals surface area contributed by atoms with Gasteiger partial charge in [-0.2, -0.15) is 10.4 Å². The summed E-state index contributed by atoms with van der Waals surface area (Å²) in [6.07, 6.45) is 8.29. The molecule has 4 aromatic heterocycles. The third-order valence-electron chi connectivity index (χ3n) is 6.40. The summed E-state index contributed by atoms with van der Waals surface area (Å²) >= 11 is 0. The van der Waals surface area contributed by atoms with Crippen molar-refractivity contribution in [3.8, 4) is 23.2 Å². The van der Waals surface area contributed by atoms with Gasteiger partial charge in [-0.3, -0.25) is 10.3 Å². The molecule has 1 saturated heterocycles. The van der Waals surface area contributed by atoms with E-state index >= 15 is 0 Å². The van der Waals surface area contributed by atoms with Gasteiger partial charge in [0, 0.05) is 62.4 Å². The molecule has 0 amide bonds. The van der Waals surface area contributed by atoms with E-state index in [0.29, 0.717) is 34.0 Å². The van der Waals surface area contributed by atoms with Gasteiger partial charge < -0.3 is 15.4 Å². The summed E-state index contributed by atoms with van der Waals surface area (Å²) in [7, 11) is 1.62. The van der Waals surface area contributed by atoms with E-state index in [-0.39, 0.29) is 5.71 Å². The van der Waals surface area contributed by atoms with E-state index in [1.54, 1.807) is 37.0 Å². The number of anilines is 1. The minimum atomic E-state index is 0.162. The number of nitrogens with two attached hydrogens (primary N) is 1. The number of nitriles is 1. The van der Waals surface area contributed by atoms with Gasteiger partial charge in [0.15, 0.2) is 0 Å². The van der Waals surface area contributed by atoms with Gasteiger partial charge in [0.1, 0.15) is 28.7 Å². The average molecular weight is 509 g/mol. The lowest BCUT2D eigenvalue weighted by molar-refractivity contribution is 0.249. The molecule has 192 valence electrons. The van der Waals surface area contributed by atoms with Crippen LogP contribution in [0.25, 0.3) is 16.8 Å². The van der Waals surface area contributed by atoms with E-state index in [1.807, 2.05) is 30.5 Å². The number of nitrogens with zero attached hydrogens (tertiary/aromatic N) is 8. The standard InChI is InChI=1S/C27H28N10O/c1-18(29)11-22(30)23-17-37-27(21(12-28)15-33-37)26(34-23)20-4-5-24(31-14-20)36-9-7-35(8-10-36)16-19-3-6-25(38-2)32-13-19/h3-6,11,13-15,17,30H,7-10,16,29H2,1-2H3. The third-order valence-corrected chi connectivity index (χ3v) is 6.40. The summed E-state index contributed by atoms with van der Waals surface area (Å²) in [6, 6.07) is 10.0. The summed E-state index contributed by atoms with van der Waals surface area (Å²) in [5.74, 6) is 1.50. The summed E-state index contributed by atoms with van der Waals surface area (Å²) in [4.78, 5) is 18.4. The maximum atomic E-state index is 9.61. The van der Waals surface area contributed by atoms with Gasteiger partial charge >= 0.3 is 0 Å². The molecule has 5 rings (SSSR count). The second-order valence-electron chi connectivity index (χ2n) is 9.12. The van der Waals surface area contributed by atoms with Crippen molar-refractivity contribution in [2.24, 2.45) is 5.73 Å². The Bertz CT molecular complexity index is 1520. The highest BCUT2D eigenvalue weighted by molar-refractivity contribution is 6.06. The molecule has 0 radical (unpaired) electrons. The first-order valence-electron chi connectivity index (χ1n) is 12.2. The van der Waals surface area contributed by atoms with Crippen LogP contribution in [0, 0.1) is 16.7 Å². The molecule has 4 aromatic rings. The molecule has 38 heavy (non-hydrogen) atoms. The Balaban J connectivity index is 1.33. The number of hydrogen-bond donors (Lipinski definition) is 2. The Kier molecular flexibility index (Phi) is 6.97. The lowest BCUT2D eigenvalue weighted by Crippen LogP contribution is -2.46. The molecule has 0 saturated carbocycles. The summed E-state index contributed by atoms with van der Waals surface area (Å²) in [6.45, 7) is 6.10. The monoisotopic (exact) mass is 508 g/mol. The molecule has 11 heteroatoms. The third kappa shape index (κ3) is 5.16. The number of allylic oxidation sites excluding steroid dienone is 2. The van der Waals surface area contributed by atoms with Crippen LogP contribution in [0.4, 0.5) is 5.82 Å². The van der Waals surface area contributed by atoms with Gasteiger partial charge in [-0.1, -0.05) is 6.07 Å². The normalized spacial score (nSPS) is 14.4. The second kappa shape index (κ2) is 10.7. The number of aromatic nitrogens is 5. The first-order chi connectivity index (χ1) is 18.4. The zero-order chi connectivity index (χ0) is 26.6. The fourth-order valence-corrected chi connectivity index (χ4v) is 4.46. The first kappa shape index (κ1) is 24.9. The Labute approximate surface area is 220 Å². The fourth-order valence-electron chi connectivity index (χ4n) is 4.46. The lowest BCUT2D eigenvalue weighted by Gasteiger charge is -2.35. The van der Waals surface area contributed by atoms with Crippen molar-refractivity contribution in [1.82, 2.24) is 29.5 Å². The minimum Gasteiger partial charge on any atom is -0.481 e. The molecule has 0 spiro atoms. The van der Waals surface area contributed by atoms with Crippen molar-refractivity contribution in [2.45, 2.75) is 13.5 Å². The Morgan fingerprint density at radius 3 is 2.58 bits per heavy atom. The summed E-state index contributed by atoms with van der Waals surface area (Å²) in [5.41, 5.74) is 10.3.